The lowest BCUT2D eigenvalue weighted by atomic mass is 10.1. The van der Waals surface area contributed by atoms with Crippen molar-refractivity contribution in [3.05, 3.63) is 69.4 Å². The number of hydrogen-bond acceptors (Lipinski definition) is 7. The molecular formula is C28H32FN5O6S. The highest BCUT2D eigenvalue weighted by Gasteiger charge is 2.29. The number of benzene rings is 1. The zero-order valence-corrected chi connectivity index (χ0v) is 23.3. The molecule has 3 aromatic rings. The SMILES string of the molecule is O=C(NCCCN1CCCC1=O)c1c(O)c2ncc(Cc3ccc(F)cc3)cc2n(CCN2CCCS2(=O)=O)c1=O. The molecule has 0 saturated carbocycles. The first-order valence-electron chi connectivity index (χ1n) is 13.7. The molecule has 0 unspecified atom stereocenters. The van der Waals surface area contributed by atoms with E-state index in [0.717, 1.165) is 12.0 Å². The minimum absolute atomic E-state index is 0.0230. The number of amides is 2. The second kappa shape index (κ2) is 12.0. The third kappa shape index (κ3) is 6.25. The summed E-state index contributed by atoms with van der Waals surface area (Å²) in [5.41, 5.74) is 0.536. The summed E-state index contributed by atoms with van der Waals surface area (Å²) in [7, 11) is -3.42. The van der Waals surface area contributed by atoms with Gasteiger partial charge in [0.1, 0.15) is 16.9 Å². The molecule has 0 aliphatic carbocycles. The standard InChI is InChI=1S/C28H32FN5O6S/c29-21-7-5-19(6-8-21)16-20-17-22-25(31-18-20)26(36)24(27(37)30-9-2-11-32-10-1-4-23(32)35)28(38)34(22)14-13-33-12-3-15-41(33,39)40/h5-8,17-18,36H,1-4,9-16H2,(H,30,37). The van der Waals surface area contributed by atoms with Gasteiger partial charge in [0.15, 0.2) is 5.75 Å². The number of sulfonamides is 1. The Labute approximate surface area is 236 Å². The number of likely N-dealkylation sites (tertiary alicyclic amines) is 1. The van der Waals surface area contributed by atoms with E-state index in [-0.39, 0.29) is 48.1 Å². The monoisotopic (exact) mass is 585 g/mol. The number of nitrogens with zero attached hydrogens (tertiary/aromatic N) is 4. The molecule has 0 radical (unpaired) electrons. The van der Waals surface area contributed by atoms with E-state index in [4.69, 9.17) is 0 Å². The fraction of sp³-hybridized carbons (Fsp3) is 0.429. The normalized spacial score (nSPS) is 17.0. The Balaban J connectivity index is 1.44. The molecule has 13 heteroatoms. The minimum Gasteiger partial charge on any atom is -0.505 e. The van der Waals surface area contributed by atoms with Crippen LogP contribution in [0.3, 0.4) is 0 Å². The first kappa shape index (κ1) is 28.7. The maximum atomic E-state index is 13.7. The van der Waals surface area contributed by atoms with Gasteiger partial charge >= 0.3 is 0 Å². The number of fused-ring (bicyclic) bond motifs is 1. The van der Waals surface area contributed by atoms with E-state index in [1.807, 2.05) is 0 Å². The van der Waals surface area contributed by atoms with Gasteiger partial charge < -0.3 is 19.9 Å². The van der Waals surface area contributed by atoms with Gasteiger partial charge in [0.25, 0.3) is 11.5 Å². The van der Waals surface area contributed by atoms with Crippen LogP contribution in [0.4, 0.5) is 4.39 Å². The van der Waals surface area contributed by atoms with Gasteiger partial charge in [-0.3, -0.25) is 19.4 Å². The number of nitrogens with one attached hydrogen (secondary N) is 1. The summed E-state index contributed by atoms with van der Waals surface area (Å²) < 4.78 is 40.7. The van der Waals surface area contributed by atoms with E-state index in [1.165, 1.54) is 27.2 Å². The molecule has 0 atom stereocenters. The van der Waals surface area contributed by atoms with Gasteiger partial charge in [-0.15, -0.1) is 0 Å². The Morgan fingerprint density at radius 3 is 2.51 bits per heavy atom. The molecule has 218 valence electrons. The lowest BCUT2D eigenvalue weighted by Crippen LogP contribution is -2.37. The minimum atomic E-state index is -3.42. The number of carbonyl (C=O) groups excluding carboxylic acids is 2. The van der Waals surface area contributed by atoms with Crippen LogP contribution in [0.25, 0.3) is 11.0 Å². The highest BCUT2D eigenvalue weighted by Crippen LogP contribution is 2.26. The predicted molar refractivity (Wildman–Crippen MR) is 150 cm³/mol. The fourth-order valence-electron chi connectivity index (χ4n) is 5.36. The van der Waals surface area contributed by atoms with Gasteiger partial charge in [0.2, 0.25) is 15.9 Å². The Morgan fingerprint density at radius 2 is 1.83 bits per heavy atom. The van der Waals surface area contributed by atoms with E-state index in [9.17, 15) is 32.3 Å². The van der Waals surface area contributed by atoms with Crippen molar-refractivity contribution in [1.82, 2.24) is 24.1 Å². The molecule has 2 N–H and O–H groups in total. The van der Waals surface area contributed by atoms with Crippen molar-refractivity contribution in [3.63, 3.8) is 0 Å². The third-order valence-electron chi connectivity index (χ3n) is 7.52. The number of halogens is 1. The van der Waals surface area contributed by atoms with Gasteiger partial charge in [-0.25, -0.2) is 17.1 Å². The summed E-state index contributed by atoms with van der Waals surface area (Å²) in [6.07, 6.45) is 4.20. The summed E-state index contributed by atoms with van der Waals surface area (Å²) in [4.78, 5) is 44.7. The smallest absolute Gasteiger partial charge is 0.267 e. The Bertz CT molecular complexity index is 1640. The van der Waals surface area contributed by atoms with Crippen LogP contribution in [-0.4, -0.2) is 82.6 Å². The second-order valence-corrected chi connectivity index (χ2v) is 12.4. The van der Waals surface area contributed by atoms with Gasteiger partial charge in [-0.05, 0) is 55.0 Å². The molecule has 41 heavy (non-hydrogen) atoms. The van der Waals surface area contributed by atoms with Crippen molar-refractivity contribution in [2.45, 2.75) is 38.6 Å². The van der Waals surface area contributed by atoms with Crippen LogP contribution >= 0.6 is 0 Å². The third-order valence-corrected chi connectivity index (χ3v) is 9.48. The highest BCUT2D eigenvalue weighted by atomic mass is 32.2. The van der Waals surface area contributed by atoms with E-state index in [2.05, 4.69) is 10.3 Å². The molecule has 2 saturated heterocycles. The molecule has 2 aromatic heterocycles. The molecule has 2 aliphatic heterocycles. The Hall–Kier alpha value is -3.84. The van der Waals surface area contributed by atoms with E-state index in [1.54, 1.807) is 23.1 Å². The number of pyridine rings is 2. The number of aromatic nitrogens is 2. The van der Waals surface area contributed by atoms with Gasteiger partial charge in [-0.2, -0.15) is 0 Å². The average molecular weight is 586 g/mol. The van der Waals surface area contributed by atoms with E-state index >= 15 is 0 Å². The second-order valence-electron chi connectivity index (χ2n) is 10.4. The summed E-state index contributed by atoms with van der Waals surface area (Å²) in [6, 6.07) is 7.62. The molecule has 0 spiro atoms. The largest absolute Gasteiger partial charge is 0.505 e. The van der Waals surface area contributed by atoms with E-state index < -0.39 is 32.8 Å². The van der Waals surface area contributed by atoms with Gasteiger partial charge in [-0.1, -0.05) is 12.1 Å². The first-order valence-corrected chi connectivity index (χ1v) is 15.3. The number of hydrogen-bond donors (Lipinski definition) is 2. The van der Waals surface area contributed by atoms with Crippen molar-refractivity contribution in [2.24, 2.45) is 0 Å². The lowest BCUT2D eigenvalue weighted by molar-refractivity contribution is -0.127. The van der Waals surface area contributed by atoms with Crippen LogP contribution in [0.1, 0.15) is 47.2 Å². The van der Waals surface area contributed by atoms with Crippen LogP contribution in [0, 0.1) is 5.82 Å². The van der Waals surface area contributed by atoms with Gasteiger partial charge in [0.05, 0.1) is 11.3 Å². The summed E-state index contributed by atoms with van der Waals surface area (Å²) in [5.74, 6) is -1.58. The highest BCUT2D eigenvalue weighted by molar-refractivity contribution is 7.89. The predicted octanol–water partition coefficient (Wildman–Crippen LogP) is 1.61. The molecular weight excluding hydrogens is 553 g/mol. The molecule has 2 aliphatic rings. The first-order chi connectivity index (χ1) is 19.6. The zero-order chi connectivity index (χ0) is 29.1. The summed E-state index contributed by atoms with van der Waals surface area (Å²) in [5, 5.41) is 13.7. The van der Waals surface area contributed by atoms with Crippen molar-refractivity contribution < 1.29 is 27.5 Å². The molecule has 4 heterocycles. The lowest BCUT2D eigenvalue weighted by Gasteiger charge is -2.19. The quantitative estimate of drug-likeness (QED) is 0.344. The molecule has 2 amide bonds. The Morgan fingerprint density at radius 1 is 1.05 bits per heavy atom. The molecule has 1 aromatic carbocycles. The maximum absolute atomic E-state index is 13.7. The molecule has 11 nitrogen and oxygen atoms in total. The van der Waals surface area contributed by atoms with Crippen molar-refractivity contribution in [1.29, 1.82) is 0 Å². The van der Waals surface area contributed by atoms with Crippen LogP contribution in [-0.2, 0) is 27.8 Å². The van der Waals surface area contributed by atoms with Crippen molar-refractivity contribution >= 4 is 32.9 Å². The zero-order valence-electron chi connectivity index (χ0n) is 22.5. The van der Waals surface area contributed by atoms with Crippen molar-refractivity contribution in [3.8, 4) is 5.75 Å². The van der Waals surface area contributed by atoms with Crippen LogP contribution in [0.2, 0.25) is 0 Å². The van der Waals surface area contributed by atoms with Crippen LogP contribution < -0.4 is 10.9 Å². The van der Waals surface area contributed by atoms with Crippen molar-refractivity contribution in [2.75, 3.05) is 38.5 Å². The summed E-state index contributed by atoms with van der Waals surface area (Å²) >= 11 is 0. The van der Waals surface area contributed by atoms with Crippen LogP contribution in [0.5, 0.6) is 5.75 Å². The fourth-order valence-corrected chi connectivity index (χ4v) is 6.88. The van der Waals surface area contributed by atoms with Gasteiger partial charge in [0, 0.05) is 51.9 Å². The topological polar surface area (TPSA) is 142 Å². The average Bonchev–Trinajstić information content (AvgIpc) is 3.51. The molecule has 0 bridgehead atoms. The summed E-state index contributed by atoms with van der Waals surface area (Å²) in [6.45, 7) is 1.67. The maximum Gasteiger partial charge on any atom is 0.267 e. The number of aromatic hydroxyl groups is 1. The molecule has 2 fully saturated rings. The van der Waals surface area contributed by atoms with Crippen LogP contribution in [0.15, 0.2) is 41.3 Å². The number of carbonyl (C=O) groups is 2. The van der Waals surface area contributed by atoms with E-state index in [0.29, 0.717) is 50.9 Å². The Kier molecular flexibility index (Phi) is 8.36. The number of rotatable bonds is 10. The molecule has 5 rings (SSSR count).